The summed E-state index contributed by atoms with van der Waals surface area (Å²) in [7, 11) is 0. The SMILES string of the molecule is Cc1ccc([C@@H](C)CCN2CCC3(CC2)Nc2ccccc2NC3=O)o1. The van der Waals surface area contributed by atoms with E-state index in [2.05, 4.69) is 28.5 Å². The lowest BCUT2D eigenvalue weighted by Gasteiger charge is -2.44. The fraction of sp³-hybridized carbons (Fsp3) is 0.476. The maximum absolute atomic E-state index is 12.7. The van der Waals surface area contributed by atoms with Crippen LogP contribution in [0.25, 0.3) is 0 Å². The number of benzene rings is 1. The smallest absolute Gasteiger partial charge is 0.250 e. The zero-order valence-electron chi connectivity index (χ0n) is 15.5. The second kappa shape index (κ2) is 6.80. The van der Waals surface area contributed by atoms with Crippen molar-refractivity contribution < 1.29 is 9.21 Å². The van der Waals surface area contributed by atoms with E-state index in [1.54, 1.807) is 0 Å². The Kier molecular flexibility index (Phi) is 4.49. The molecule has 138 valence electrons. The number of hydrogen-bond donors (Lipinski definition) is 2. The van der Waals surface area contributed by atoms with E-state index in [0.29, 0.717) is 5.92 Å². The van der Waals surface area contributed by atoms with Crippen LogP contribution in [0, 0.1) is 6.92 Å². The second-order valence-corrected chi connectivity index (χ2v) is 7.69. The molecule has 0 saturated carbocycles. The maximum Gasteiger partial charge on any atom is 0.250 e. The third-order valence-electron chi connectivity index (χ3n) is 5.82. The number of fused-ring (bicyclic) bond motifs is 1. The molecule has 5 nitrogen and oxygen atoms in total. The highest BCUT2D eigenvalue weighted by Crippen LogP contribution is 2.36. The summed E-state index contributed by atoms with van der Waals surface area (Å²) in [5, 5.41) is 6.60. The van der Waals surface area contributed by atoms with Gasteiger partial charge >= 0.3 is 0 Å². The summed E-state index contributed by atoms with van der Waals surface area (Å²) in [6.07, 6.45) is 2.74. The number of para-hydroxylation sites is 2. The summed E-state index contributed by atoms with van der Waals surface area (Å²) in [4.78, 5) is 15.2. The van der Waals surface area contributed by atoms with Gasteiger partial charge < -0.3 is 20.0 Å². The van der Waals surface area contributed by atoms with E-state index in [1.165, 1.54) is 0 Å². The summed E-state index contributed by atoms with van der Waals surface area (Å²) >= 11 is 0. The highest BCUT2D eigenvalue weighted by atomic mass is 16.3. The number of likely N-dealkylation sites (tertiary alicyclic amines) is 1. The van der Waals surface area contributed by atoms with Crippen LogP contribution in [-0.4, -0.2) is 36.0 Å². The topological polar surface area (TPSA) is 57.5 Å². The van der Waals surface area contributed by atoms with Crippen molar-refractivity contribution in [2.75, 3.05) is 30.3 Å². The molecule has 0 unspecified atom stereocenters. The Morgan fingerprint density at radius 2 is 1.88 bits per heavy atom. The molecular formula is C21H27N3O2. The van der Waals surface area contributed by atoms with Gasteiger partial charge in [-0.3, -0.25) is 4.79 Å². The molecule has 0 aliphatic carbocycles. The van der Waals surface area contributed by atoms with E-state index in [0.717, 1.165) is 61.8 Å². The van der Waals surface area contributed by atoms with Gasteiger partial charge in [0.15, 0.2) is 0 Å². The zero-order chi connectivity index (χ0) is 18.1. The van der Waals surface area contributed by atoms with Gasteiger partial charge in [0.25, 0.3) is 0 Å². The number of hydrogen-bond acceptors (Lipinski definition) is 4. The Morgan fingerprint density at radius 3 is 2.58 bits per heavy atom. The molecule has 5 heteroatoms. The van der Waals surface area contributed by atoms with Crippen molar-refractivity contribution >= 4 is 17.3 Å². The van der Waals surface area contributed by atoms with Gasteiger partial charge in [0.05, 0.1) is 11.4 Å². The summed E-state index contributed by atoms with van der Waals surface area (Å²) in [6, 6.07) is 12.0. The molecule has 2 aromatic rings. The quantitative estimate of drug-likeness (QED) is 0.873. The number of carbonyl (C=O) groups is 1. The molecule has 1 aromatic heterocycles. The predicted octanol–water partition coefficient (Wildman–Crippen LogP) is 3.98. The number of carbonyl (C=O) groups excluding carboxylic acids is 1. The molecule has 1 aromatic carbocycles. The van der Waals surface area contributed by atoms with Crippen LogP contribution >= 0.6 is 0 Å². The normalized spacial score (nSPS) is 20.3. The molecule has 4 rings (SSSR count). The van der Waals surface area contributed by atoms with E-state index in [-0.39, 0.29) is 5.91 Å². The van der Waals surface area contributed by atoms with Gasteiger partial charge in [-0.2, -0.15) is 0 Å². The number of nitrogens with one attached hydrogen (secondary N) is 2. The van der Waals surface area contributed by atoms with Crippen molar-refractivity contribution in [1.29, 1.82) is 0 Å². The molecule has 0 bridgehead atoms. The number of anilines is 2. The van der Waals surface area contributed by atoms with Crippen molar-refractivity contribution in [3.8, 4) is 0 Å². The molecule has 3 heterocycles. The molecule has 0 radical (unpaired) electrons. The average molecular weight is 353 g/mol. The van der Waals surface area contributed by atoms with Gasteiger partial charge in [0.1, 0.15) is 17.1 Å². The number of nitrogens with zero attached hydrogens (tertiary/aromatic N) is 1. The minimum atomic E-state index is -0.464. The summed E-state index contributed by atoms with van der Waals surface area (Å²) < 4.78 is 5.74. The standard InChI is InChI=1S/C21H27N3O2/c1-15(19-8-7-16(2)26-19)9-12-24-13-10-21(11-14-24)20(25)22-17-5-3-4-6-18(17)23-21/h3-8,15,23H,9-14H2,1-2H3,(H,22,25)/t15-/m0/s1. The van der Waals surface area contributed by atoms with E-state index in [9.17, 15) is 4.79 Å². The summed E-state index contributed by atoms with van der Waals surface area (Å²) in [6.45, 7) is 7.12. The average Bonchev–Trinajstić information content (AvgIpc) is 3.08. The largest absolute Gasteiger partial charge is 0.466 e. The fourth-order valence-corrected chi connectivity index (χ4v) is 4.00. The van der Waals surface area contributed by atoms with Gasteiger partial charge in [0, 0.05) is 19.0 Å². The molecule has 26 heavy (non-hydrogen) atoms. The summed E-state index contributed by atoms with van der Waals surface area (Å²) in [5.74, 6) is 2.57. The maximum atomic E-state index is 12.7. The van der Waals surface area contributed by atoms with Gasteiger partial charge in [-0.15, -0.1) is 0 Å². The van der Waals surface area contributed by atoms with Gasteiger partial charge in [-0.05, 0) is 57.0 Å². The molecular weight excluding hydrogens is 326 g/mol. The fourth-order valence-electron chi connectivity index (χ4n) is 4.00. The van der Waals surface area contributed by atoms with E-state index < -0.39 is 5.54 Å². The van der Waals surface area contributed by atoms with Crippen LogP contribution < -0.4 is 10.6 Å². The van der Waals surface area contributed by atoms with Crippen molar-refractivity contribution in [2.24, 2.45) is 0 Å². The van der Waals surface area contributed by atoms with Crippen LogP contribution in [0.1, 0.15) is 43.6 Å². The first kappa shape index (κ1) is 17.2. The number of amides is 1. The third-order valence-corrected chi connectivity index (χ3v) is 5.82. The highest BCUT2D eigenvalue weighted by Gasteiger charge is 2.44. The molecule has 1 amide bonds. The van der Waals surface area contributed by atoms with Crippen LogP contribution in [0.15, 0.2) is 40.8 Å². The van der Waals surface area contributed by atoms with Crippen LogP contribution in [0.4, 0.5) is 11.4 Å². The van der Waals surface area contributed by atoms with Gasteiger partial charge in [0.2, 0.25) is 5.91 Å². The van der Waals surface area contributed by atoms with Crippen molar-refractivity contribution in [1.82, 2.24) is 4.90 Å². The number of aryl methyl sites for hydroxylation is 1. The molecule has 1 fully saturated rings. The second-order valence-electron chi connectivity index (χ2n) is 7.69. The first-order valence-corrected chi connectivity index (χ1v) is 9.53. The Bertz CT molecular complexity index is 790. The Labute approximate surface area is 154 Å². The van der Waals surface area contributed by atoms with Gasteiger partial charge in [-0.1, -0.05) is 19.1 Å². The van der Waals surface area contributed by atoms with E-state index in [1.807, 2.05) is 37.3 Å². The molecule has 2 aliphatic heterocycles. The molecule has 2 aliphatic rings. The summed E-state index contributed by atoms with van der Waals surface area (Å²) in [5.41, 5.74) is 1.45. The Morgan fingerprint density at radius 1 is 1.15 bits per heavy atom. The lowest BCUT2D eigenvalue weighted by Crippen LogP contribution is -2.58. The Hall–Kier alpha value is -2.27. The molecule has 1 saturated heterocycles. The lowest BCUT2D eigenvalue weighted by molar-refractivity contribution is -0.122. The van der Waals surface area contributed by atoms with Crippen molar-refractivity contribution in [2.45, 2.75) is 44.6 Å². The van der Waals surface area contributed by atoms with Crippen LogP contribution in [0.5, 0.6) is 0 Å². The minimum absolute atomic E-state index is 0.107. The first-order chi connectivity index (χ1) is 12.6. The molecule has 1 spiro atoms. The number of rotatable bonds is 4. The number of piperidine rings is 1. The van der Waals surface area contributed by atoms with Gasteiger partial charge in [-0.25, -0.2) is 0 Å². The Balaban J connectivity index is 1.33. The third kappa shape index (κ3) is 3.23. The van der Waals surface area contributed by atoms with E-state index in [4.69, 9.17) is 4.42 Å². The van der Waals surface area contributed by atoms with Crippen LogP contribution in [0.2, 0.25) is 0 Å². The lowest BCUT2D eigenvalue weighted by atomic mass is 9.84. The zero-order valence-corrected chi connectivity index (χ0v) is 15.5. The molecule has 2 N–H and O–H groups in total. The van der Waals surface area contributed by atoms with Crippen LogP contribution in [-0.2, 0) is 4.79 Å². The van der Waals surface area contributed by atoms with Crippen molar-refractivity contribution in [3.63, 3.8) is 0 Å². The first-order valence-electron chi connectivity index (χ1n) is 9.53. The van der Waals surface area contributed by atoms with Crippen LogP contribution in [0.3, 0.4) is 0 Å². The predicted molar refractivity (Wildman–Crippen MR) is 104 cm³/mol. The van der Waals surface area contributed by atoms with Crippen molar-refractivity contribution in [3.05, 3.63) is 47.9 Å². The minimum Gasteiger partial charge on any atom is -0.466 e. The monoisotopic (exact) mass is 353 g/mol. The van der Waals surface area contributed by atoms with E-state index >= 15 is 0 Å². The molecule has 1 atom stereocenters. The number of furan rings is 1. The highest BCUT2D eigenvalue weighted by molar-refractivity contribution is 6.06.